The van der Waals surface area contributed by atoms with Crippen molar-refractivity contribution < 1.29 is 4.74 Å². The molecule has 0 aromatic rings. The number of ether oxygens (including phenoxy) is 1. The zero-order valence-corrected chi connectivity index (χ0v) is 6.94. The summed E-state index contributed by atoms with van der Waals surface area (Å²) in [5, 5.41) is 0. The van der Waals surface area contributed by atoms with Gasteiger partial charge >= 0.3 is 0 Å². The van der Waals surface area contributed by atoms with Crippen LogP contribution in [0.4, 0.5) is 0 Å². The number of hydrogen-bond acceptors (Lipinski definition) is 3. The topological polar surface area (TPSA) is 33.3 Å². The van der Waals surface area contributed by atoms with Gasteiger partial charge in [0.15, 0.2) is 0 Å². The van der Waals surface area contributed by atoms with E-state index in [9.17, 15) is 0 Å². The summed E-state index contributed by atoms with van der Waals surface area (Å²) in [5.74, 6) is 0. The first-order chi connectivity index (χ1) is 4.91. The van der Waals surface area contributed by atoms with Crippen molar-refractivity contribution in [3.8, 4) is 0 Å². The van der Waals surface area contributed by atoms with E-state index < -0.39 is 0 Å². The third kappa shape index (κ3) is 7.88. The Morgan fingerprint density at radius 1 is 1.10 bits per heavy atom. The molecule has 0 rings (SSSR count). The second-order valence-electron chi connectivity index (χ2n) is 2.05. The van der Waals surface area contributed by atoms with Crippen molar-refractivity contribution in [2.24, 2.45) is 0 Å². The van der Waals surface area contributed by atoms with Gasteiger partial charge in [-0.2, -0.15) is 0 Å². The Bertz CT molecular complexity index is 51.6. The molecule has 0 bridgehead atoms. The standard InChI is InChI=1S/C7H18N2O/c1-3-5-8-9-6-7-10-4-2/h8-9H,3-7H2,1-2H3. The first kappa shape index (κ1) is 9.88. The molecular formula is C7H18N2O. The molecule has 0 heterocycles. The number of hydrogen-bond donors (Lipinski definition) is 2. The van der Waals surface area contributed by atoms with E-state index in [4.69, 9.17) is 4.74 Å². The van der Waals surface area contributed by atoms with Crippen LogP contribution in [0, 0.1) is 0 Å². The van der Waals surface area contributed by atoms with Gasteiger partial charge in [-0.3, -0.25) is 10.9 Å². The molecule has 0 saturated carbocycles. The smallest absolute Gasteiger partial charge is 0.0604 e. The molecule has 0 aliphatic carbocycles. The second-order valence-corrected chi connectivity index (χ2v) is 2.05. The summed E-state index contributed by atoms with van der Waals surface area (Å²) in [6.07, 6.45) is 1.15. The van der Waals surface area contributed by atoms with Crippen LogP contribution >= 0.6 is 0 Å². The number of rotatable bonds is 7. The van der Waals surface area contributed by atoms with Crippen LogP contribution < -0.4 is 10.9 Å². The van der Waals surface area contributed by atoms with Gasteiger partial charge in [-0.1, -0.05) is 6.92 Å². The molecule has 3 heteroatoms. The van der Waals surface area contributed by atoms with E-state index in [0.29, 0.717) is 0 Å². The van der Waals surface area contributed by atoms with Gasteiger partial charge in [-0.05, 0) is 13.3 Å². The summed E-state index contributed by atoms with van der Waals surface area (Å²) < 4.78 is 5.11. The molecule has 0 radical (unpaired) electrons. The molecule has 0 fully saturated rings. The molecule has 10 heavy (non-hydrogen) atoms. The average Bonchev–Trinajstić information content (AvgIpc) is 1.97. The van der Waals surface area contributed by atoms with Crippen LogP contribution in [-0.2, 0) is 4.74 Å². The molecule has 62 valence electrons. The highest BCUT2D eigenvalue weighted by Crippen LogP contribution is 1.69. The third-order valence-corrected chi connectivity index (χ3v) is 1.08. The van der Waals surface area contributed by atoms with E-state index in [1.807, 2.05) is 6.92 Å². The molecule has 2 N–H and O–H groups in total. The van der Waals surface area contributed by atoms with Crippen molar-refractivity contribution in [1.29, 1.82) is 0 Å². The maximum absolute atomic E-state index is 5.11. The maximum Gasteiger partial charge on any atom is 0.0604 e. The van der Waals surface area contributed by atoms with Gasteiger partial charge in [0.1, 0.15) is 0 Å². The van der Waals surface area contributed by atoms with E-state index >= 15 is 0 Å². The summed E-state index contributed by atoms with van der Waals surface area (Å²) in [4.78, 5) is 0. The Kier molecular flexibility index (Phi) is 8.77. The predicted molar refractivity (Wildman–Crippen MR) is 42.8 cm³/mol. The van der Waals surface area contributed by atoms with Crippen LogP contribution in [0.1, 0.15) is 20.3 Å². The minimum atomic E-state index is 0.785. The quantitative estimate of drug-likeness (QED) is 0.406. The Balaban J connectivity index is 2.65. The SMILES string of the molecule is CCCNNCCOCC. The minimum absolute atomic E-state index is 0.785. The first-order valence-electron chi connectivity index (χ1n) is 3.95. The van der Waals surface area contributed by atoms with Gasteiger partial charge in [0, 0.05) is 19.7 Å². The normalized spacial score (nSPS) is 10.2. The zero-order valence-electron chi connectivity index (χ0n) is 6.94. The largest absolute Gasteiger partial charge is 0.380 e. The van der Waals surface area contributed by atoms with Crippen LogP contribution in [0.15, 0.2) is 0 Å². The van der Waals surface area contributed by atoms with Gasteiger partial charge in [0.25, 0.3) is 0 Å². The summed E-state index contributed by atoms with van der Waals surface area (Å²) in [7, 11) is 0. The highest BCUT2D eigenvalue weighted by atomic mass is 16.5. The predicted octanol–water partition coefficient (Wildman–Crippen LogP) is 0.527. The monoisotopic (exact) mass is 146 g/mol. The van der Waals surface area contributed by atoms with Crippen LogP contribution in [0.5, 0.6) is 0 Å². The second kappa shape index (κ2) is 8.88. The van der Waals surface area contributed by atoms with Crippen molar-refractivity contribution in [3.05, 3.63) is 0 Å². The molecule has 0 aromatic heterocycles. The van der Waals surface area contributed by atoms with E-state index in [0.717, 1.165) is 32.7 Å². The van der Waals surface area contributed by atoms with E-state index in [-0.39, 0.29) is 0 Å². The highest BCUT2D eigenvalue weighted by molar-refractivity contribution is 4.38. The molecule has 0 aliphatic rings. The van der Waals surface area contributed by atoms with E-state index in [1.54, 1.807) is 0 Å². The molecule has 0 spiro atoms. The van der Waals surface area contributed by atoms with Gasteiger partial charge in [-0.25, -0.2) is 0 Å². The molecule has 0 aromatic carbocycles. The van der Waals surface area contributed by atoms with Crippen molar-refractivity contribution in [3.63, 3.8) is 0 Å². The van der Waals surface area contributed by atoms with Crippen LogP contribution in [-0.4, -0.2) is 26.3 Å². The molecule has 0 aliphatic heterocycles. The minimum Gasteiger partial charge on any atom is -0.380 e. The van der Waals surface area contributed by atoms with Gasteiger partial charge in [0.05, 0.1) is 6.61 Å². The number of hydrazine groups is 1. The van der Waals surface area contributed by atoms with Crippen molar-refractivity contribution in [2.75, 3.05) is 26.3 Å². The summed E-state index contributed by atoms with van der Waals surface area (Å²) in [5.41, 5.74) is 6.11. The third-order valence-electron chi connectivity index (χ3n) is 1.08. The van der Waals surface area contributed by atoms with Gasteiger partial charge in [0.2, 0.25) is 0 Å². The lowest BCUT2D eigenvalue weighted by Gasteiger charge is -2.04. The lowest BCUT2D eigenvalue weighted by Crippen LogP contribution is -2.34. The number of nitrogens with one attached hydrogen (secondary N) is 2. The highest BCUT2D eigenvalue weighted by Gasteiger charge is 1.83. The van der Waals surface area contributed by atoms with Crippen molar-refractivity contribution in [2.45, 2.75) is 20.3 Å². The van der Waals surface area contributed by atoms with Crippen molar-refractivity contribution in [1.82, 2.24) is 10.9 Å². The summed E-state index contributed by atoms with van der Waals surface area (Å²) >= 11 is 0. The first-order valence-corrected chi connectivity index (χ1v) is 3.95. The Hall–Kier alpha value is -0.120. The molecule has 3 nitrogen and oxygen atoms in total. The zero-order chi connectivity index (χ0) is 7.66. The summed E-state index contributed by atoms with van der Waals surface area (Å²) in [6, 6.07) is 0. The molecule has 0 atom stereocenters. The Labute approximate surface area is 63.1 Å². The average molecular weight is 146 g/mol. The van der Waals surface area contributed by atoms with Crippen LogP contribution in [0.25, 0.3) is 0 Å². The Morgan fingerprint density at radius 2 is 1.80 bits per heavy atom. The van der Waals surface area contributed by atoms with Crippen LogP contribution in [0.3, 0.4) is 0 Å². The fourth-order valence-corrected chi connectivity index (χ4v) is 0.569. The fourth-order valence-electron chi connectivity index (χ4n) is 0.569. The van der Waals surface area contributed by atoms with Crippen LogP contribution in [0.2, 0.25) is 0 Å². The fraction of sp³-hybridized carbons (Fsp3) is 1.00. The van der Waals surface area contributed by atoms with Gasteiger partial charge in [-0.15, -0.1) is 0 Å². The molecular weight excluding hydrogens is 128 g/mol. The molecule has 0 amide bonds. The van der Waals surface area contributed by atoms with Gasteiger partial charge < -0.3 is 4.74 Å². The Morgan fingerprint density at radius 3 is 2.40 bits per heavy atom. The van der Waals surface area contributed by atoms with E-state index in [2.05, 4.69) is 17.8 Å². The summed E-state index contributed by atoms with van der Waals surface area (Å²) in [6.45, 7) is 7.62. The maximum atomic E-state index is 5.11. The molecule has 0 unspecified atom stereocenters. The lowest BCUT2D eigenvalue weighted by molar-refractivity contribution is 0.146. The molecule has 0 saturated heterocycles. The van der Waals surface area contributed by atoms with E-state index in [1.165, 1.54) is 0 Å². The van der Waals surface area contributed by atoms with Crippen molar-refractivity contribution >= 4 is 0 Å². The lowest BCUT2D eigenvalue weighted by atomic mass is 10.5.